The van der Waals surface area contributed by atoms with Crippen LogP contribution >= 0.6 is 0 Å². The molecule has 0 radical (unpaired) electrons. The summed E-state index contributed by atoms with van der Waals surface area (Å²) in [5, 5.41) is 3.44. The van der Waals surface area contributed by atoms with Crippen LogP contribution in [-0.4, -0.2) is 26.7 Å². The van der Waals surface area contributed by atoms with E-state index in [4.69, 9.17) is 0 Å². The van der Waals surface area contributed by atoms with E-state index in [1.165, 1.54) is 11.3 Å². The molecular formula is C17H30N2. The van der Waals surface area contributed by atoms with Crippen LogP contribution in [-0.2, 0) is 6.42 Å². The first-order valence-corrected chi connectivity index (χ1v) is 7.35. The maximum atomic E-state index is 3.44. The Bertz CT molecular complexity index is 362. The van der Waals surface area contributed by atoms with Crippen LogP contribution in [0, 0.1) is 5.41 Å². The molecule has 0 aliphatic carbocycles. The van der Waals surface area contributed by atoms with E-state index in [2.05, 4.69) is 76.3 Å². The zero-order valence-corrected chi connectivity index (χ0v) is 13.5. The second kappa shape index (κ2) is 6.95. The van der Waals surface area contributed by atoms with Crippen LogP contribution in [0.15, 0.2) is 24.3 Å². The van der Waals surface area contributed by atoms with Gasteiger partial charge >= 0.3 is 0 Å². The first kappa shape index (κ1) is 16.0. The van der Waals surface area contributed by atoms with Gasteiger partial charge in [0.2, 0.25) is 0 Å². The molecule has 108 valence electrons. The molecule has 1 atom stereocenters. The second-order valence-electron chi connectivity index (χ2n) is 6.44. The van der Waals surface area contributed by atoms with Crippen molar-refractivity contribution in [1.29, 1.82) is 0 Å². The predicted molar refractivity (Wildman–Crippen MR) is 86.0 cm³/mol. The van der Waals surface area contributed by atoms with Crippen LogP contribution in [0.5, 0.6) is 0 Å². The molecule has 0 heterocycles. The summed E-state index contributed by atoms with van der Waals surface area (Å²) in [6, 6.07) is 9.45. The van der Waals surface area contributed by atoms with Crippen LogP contribution in [0.3, 0.4) is 0 Å². The first-order valence-electron chi connectivity index (χ1n) is 7.35. The highest BCUT2D eigenvalue weighted by molar-refractivity contribution is 5.46. The molecule has 1 rings (SSSR count). The molecule has 0 fully saturated rings. The van der Waals surface area contributed by atoms with Gasteiger partial charge in [-0.05, 0) is 43.0 Å². The highest BCUT2D eigenvalue weighted by atomic mass is 15.1. The van der Waals surface area contributed by atoms with Gasteiger partial charge < -0.3 is 10.2 Å². The minimum absolute atomic E-state index is 0.307. The lowest BCUT2D eigenvalue weighted by molar-refractivity contribution is 0.270. The third-order valence-corrected chi connectivity index (χ3v) is 3.93. The van der Waals surface area contributed by atoms with Gasteiger partial charge in [0.25, 0.3) is 0 Å². The van der Waals surface area contributed by atoms with Gasteiger partial charge in [0.05, 0.1) is 0 Å². The quantitative estimate of drug-likeness (QED) is 0.841. The minimum atomic E-state index is 0.307. The second-order valence-corrected chi connectivity index (χ2v) is 6.44. The summed E-state index contributed by atoms with van der Waals surface area (Å²) < 4.78 is 0. The third kappa shape index (κ3) is 4.87. The van der Waals surface area contributed by atoms with E-state index >= 15 is 0 Å². The fraction of sp³-hybridized carbons (Fsp3) is 0.647. The Hall–Kier alpha value is -1.02. The molecule has 0 spiro atoms. The molecular weight excluding hydrogens is 232 g/mol. The van der Waals surface area contributed by atoms with Crippen molar-refractivity contribution in [2.45, 2.75) is 46.6 Å². The highest BCUT2D eigenvalue weighted by Crippen LogP contribution is 2.22. The van der Waals surface area contributed by atoms with E-state index in [-0.39, 0.29) is 0 Å². The lowest BCUT2D eigenvalue weighted by Gasteiger charge is -2.32. The zero-order valence-electron chi connectivity index (χ0n) is 13.5. The number of aryl methyl sites for hydroxylation is 1. The maximum Gasteiger partial charge on any atom is 0.0363 e. The lowest BCUT2D eigenvalue weighted by Crippen LogP contribution is -2.40. The fourth-order valence-electron chi connectivity index (χ4n) is 2.45. The first-order chi connectivity index (χ1) is 8.88. The van der Waals surface area contributed by atoms with Gasteiger partial charge in [-0.2, -0.15) is 0 Å². The number of anilines is 1. The number of hydrogen-bond donors (Lipinski definition) is 1. The Morgan fingerprint density at radius 1 is 1.16 bits per heavy atom. The van der Waals surface area contributed by atoms with Gasteiger partial charge in [-0.25, -0.2) is 0 Å². The van der Waals surface area contributed by atoms with E-state index in [0.29, 0.717) is 11.5 Å². The van der Waals surface area contributed by atoms with Crippen molar-refractivity contribution >= 4 is 5.69 Å². The van der Waals surface area contributed by atoms with E-state index in [0.717, 1.165) is 19.4 Å². The normalized spacial score (nSPS) is 13.4. The molecule has 0 amide bonds. The molecule has 0 saturated heterocycles. The van der Waals surface area contributed by atoms with Crippen molar-refractivity contribution in [2.75, 3.05) is 25.5 Å². The van der Waals surface area contributed by atoms with Crippen LogP contribution in [0.4, 0.5) is 5.69 Å². The van der Waals surface area contributed by atoms with Crippen molar-refractivity contribution < 1.29 is 0 Å². The Balaban J connectivity index is 2.56. The van der Waals surface area contributed by atoms with E-state index < -0.39 is 0 Å². The molecule has 1 N–H and O–H groups in total. The van der Waals surface area contributed by atoms with E-state index in [1.54, 1.807) is 0 Å². The van der Waals surface area contributed by atoms with E-state index in [9.17, 15) is 0 Å². The Morgan fingerprint density at radius 2 is 1.74 bits per heavy atom. The van der Waals surface area contributed by atoms with Crippen LogP contribution in [0.1, 0.15) is 39.7 Å². The van der Waals surface area contributed by atoms with Crippen LogP contribution in [0.25, 0.3) is 0 Å². The molecule has 2 heteroatoms. The highest BCUT2D eigenvalue weighted by Gasteiger charge is 2.22. The SMILES string of the molecule is CCc1ccc(N(C)CCC(NC)C(C)(C)C)cc1. The molecule has 0 saturated carbocycles. The van der Waals surface area contributed by atoms with E-state index in [1.807, 2.05) is 0 Å². The van der Waals surface area contributed by atoms with Crippen LogP contribution < -0.4 is 10.2 Å². The number of nitrogens with one attached hydrogen (secondary N) is 1. The molecule has 0 aromatic heterocycles. The monoisotopic (exact) mass is 262 g/mol. The maximum absolute atomic E-state index is 3.44. The largest absolute Gasteiger partial charge is 0.375 e. The van der Waals surface area contributed by atoms with Crippen molar-refractivity contribution in [3.8, 4) is 0 Å². The Morgan fingerprint density at radius 3 is 2.16 bits per heavy atom. The fourth-order valence-corrected chi connectivity index (χ4v) is 2.45. The summed E-state index contributed by atoms with van der Waals surface area (Å²) in [6.45, 7) is 10.2. The Labute approximate surface area is 119 Å². The number of benzene rings is 1. The predicted octanol–water partition coefficient (Wildman–Crippen LogP) is 3.71. The topological polar surface area (TPSA) is 15.3 Å². The number of nitrogens with zero attached hydrogens (tertiary/aromatic N) is 1. The number of hydrogen-bond acceptors (Lipinski definition) is 2. The summed E-state index contributed by atoms with van der Waals surface area (Å²) >= 11 is 0. The molecule has 1 aromatic carbocycles. The Kier molecular flexibility index (Phi) is 5.86. The standard InChI is InChI=1S/C17H30N2/c1-7-14-8-10-15(11-9-14)19(6)13-12-16(18-5)17(2,3)4/h8-11,16,18H,7,12-13H2,1-6H3. The molecule has 19 heavy (non-hydrogen) atoms. The molecule has 1 aromatic rings. The summed E-state index contributed by atoms with van der Waals surface area (Å²) in [4.78, 5) is 2.34. The third-order valence-electron chi connectivity index (χ3n) is 3.93. The van der Waals surface area contributed by atoms with Crippen molar-refractivity contribution in [1.82, 2.24) is 5.32 Å². The minimum Gasteiger partial charge on any atom is -0.375 e. The van der Waals surface area contributed by atoms with Gasteiger partial charge in [-0.15, -0.1) is 0 Å². The van der Waals surface area contributed by atoms with Gasteiger partial charge in [0.1, 0.15) is 0 Å². The van der Waals surface area contributed by atoms with Gasteiger partial charge in [0, 0.05) is 25.3 Å². The van der Waals surface area contributed by atoms with Gasteiger partial charge in [0.15, 0.2) is 0 Å². The van der Waals surface area contributed by atoms with Crippen LogP contribution in [0.2, 0.25) is 0 Å². The lowest BCUT2D eigenvalue weighted by atomic mass is 9.85. The molecule has 0 bridgehead atoms. The van der Waals surface area contributed by atoms with Crippen molar-refractivity contribution in [3.05, 3.63) is 29.8 Å². The zero-order chi connectivity index (χ0) is 14.5. The average molecular weight is 262 g/mol. The smallest absolute Gasteiger partial charge is 0.0363 e. The van der Waals surface area contributed by atoms with Gasteiger partial charge in [-0.1, -0.05) is 39.8 Å². The van der Waals surface area contributed by atoms with Crippen molar-refractivity contribution in [3.63, 3.8) is 0 Å². The molecule has 0 aliphatic heterocycles. The molecule has 2 nitrogen and oxygen atoms in total. The summed E-state index contributed by atoms with van der Waals surface area (Å²) in [6.07, 6.45) is 2.27. The average Bonchev–Trinajstić information content (AvgIpc) is 2.37. The number of rotatable bonds is 6. The molecule has 0 aliphatic rings. The summed E-state index contributed by atoms with van der Waals surface area (Å²) in [5.41, 5.74) is 3.02. The van der Waals surface area contributed by atoms with Crippen molar-refractivity contribution in [2.24, 2.45) is 5.41 Å². The van der Waals surface area contributed by atoms with Gasteiger partial charge in [-0.3, -0.25) is 0 Å². The summed E-state index contributed by atoms with van der Waals surface area (Å²) in [5.74, 6) is 0. The molecule has 1 unspecified atom stereocenters. The summed E-state index contributed by atoms with van der Waals surface area (Å²) in [7, 11) is 4.24.